The molecule has 0 spiro atoms. The van der Waals surface area contributed by atoms with Gasteiger partial charge in [0.25, 0.3) is 0 Å². The Kier molecular flexibility index (Phi) is 13.8. The maximum absolute atomic E-state index is 11.9. The molecule has 0 aromatic carbocycles. The number of esters is 1. The molecule has 4 heterocycles. The lowest BCUT2D eigenvalue weighted by Gasteiger charge is -2.25. The zero-order chi connectivity index (χ0) is 23.8. The Bertz CT molecular complexity index is 1000. The Morgan fingerprint density at radius 3 is 2.31 bits per heavy atom. The molecular formula is C23H32Cl2N4O4S2. The van der Waals surface area contributed by atoms with Gasteiger partial charge < -0.3 is 20.5 Å². The quantitative estimate of drug-likeness (QED) is 0.357. The fourth-order valence-electron chi connectivity index (χ4n) is 3.83. The van der Waals surface area contributed by atoms with Crippen molar-refractivity contribution in [3.63, 3.8) is 0 Å². The van der Waals surface area contributed by atoms with Gasteiger partial charge in [0.05, 0.1) is 13.2 Å². The van der Waals surface area contributed by atoms with Gasteiger partial charge in [-0.2, -0.15) is 27.0 Å². The highest BCUT2D eigenvalue weighted by atomic mass is 35.5. The van der Waals surface area contributed by atoms with E-state index in [0.29, 0.717) is 35.0 Å². The Labute approximate surface area is 229 Å². The molecule has 35 heavy (non-hydrogen) atoms. The molecule has 2 atom stereocenters. The maximum Gasteiger partial charge on any atom is 0.305 e. The monoisotopic (exact) mass is 562 g/mol. The molecule has 2 aliphatic rings. The smallest absolute Gasteiger partial charge is 0.305 e. The lowest BCUT2D eigenvalue weighted by atomic mass is 9.96. The second-order valence-electron chi connectivity index (χ2n) is 7.98. The van der Waals surface area contributed by atoms with Crippen molar-refractivity contribution in [3.05, 3.63) is 45.7 Å². The molecule has 2 unspecified atom stereocenters. The van der Waals surface area contributed by atoms with Crippen molar-refractivity contribution >= 4 is 73.6 Å². The number of nitrogens with one attached hydrogen (secondary N) is 2. The average molecular weight is 564 g/mol. The van der Waals surface area contributed by atoms with Gasteiger partial charge in [-0.25, -0.2) is 9.97 Å². The summed E-state index contributed by atoms with van der Waals surface area (Å²) < 4.78 is 4.55. The van der Waals surface area contributed by atoms with E-state index in [4.69, 9.17) is 28.3 Å². The van der Waals surface area contributed by atoms with Crippen LogP contribution in [0.3, 0.4) is 0 Å². The first-order valence-corrected chi connectivity index (χ1v) is 11.7. The number of hydrogen-bond acceptors (Lipinski definition) is 8. The Balaban J connectivity index is 0.000000336. The lowest BCUT2D eigenvalue weighted by Crippen LogP contribution is -2.36. The number of ketones is 1. The van der Waals surface area contributed by atoms with Crippen molar-refractivity contribution in [2.24, 2.45) is 0 Å². The minimum Gasteiger partial charge on any atom is -0.469 e. The van der Waals surface area contributed by atoms with Crippen LogP contribution in [0.2, 0.25) is 10.3 Å². The van der Waals surface area contributed by atoms with Crippen molar-refractivity contribution in [3.8, 4) is 0 Å². The molecule has 8 nitrogen and oxygen atoms in total. The van der Waals surface area contributed by atoms with Crippen molar-refractivity contribution in [1.29, 1.82) is 0 Å². The normalized spacial score (nSPS) is 17.5. The Hall–Kier alpha value is -1.72. The average Bonchev–Trinajstić information content (AvgIpc) is 2.81. The molecule has 0 aliphatic carbocycles. The molecule has 0 amide bonds. The van der Waals surface area contributed by atoms with Gasteiger partial charge in [-0.1, -0.05) is 35.3 Å². The number of carbonyl (C=O) groups is 2. The van der Waals surface area contributed by atoms with E-state index < -0.39 is 6.04 Å². The van der Waals surface area contributed by atoms with Crippen LogP contribution in [0.1, 0.15) is 43.2 Å². The van der Waals surface area contributed by atoms with E-state index in [9.17, 15) is 9.59 Å². The van der Waals surface area contributed by atoms with E-state index in [-0.39, 0.29) is 51.8 Å². The summed E-state index contributed by atoms with van der Waals surface area (Å²) in [5, 5.41) is 16.1. The third-order valence-electron chi connectivity index (χ3n) is 5.63. The van der Waals surface area contributed by atoms with E-state index in [0.717, 1.165) is 37.1 Å². The fraction of sp³-hybridized carbons (Fsp3) is 0.478. The topological polar surface area (TPSA) is 113 Å². The maximum atomic E-state index is 11.9. The fourth-order valence-corrected chi connectivity index (χ4v) is 4.12. The largest absolute Gasteiger partial charge is 0.469 e. The number of nitrogens with zero attached hydrogens (tertiary/aromatic N) is 2. The number of pyridine rings is 2. The van der Waals surface area contributed by atoms with E-state index in [2.05, 4.69) is 25.3 Å². The highest BCUT2D eigenvalue weighted by molar-refractivity contribution is 7.59. The van der Waals surface area contributed by atoms with Crippen molar-refractivity contribution in [2.45, 2.75) is 57.0 Å². The van der Waals surface area contributed by atoms with Gasteiger partial charge in [0.1, 0.15) is 21.9 Å². The van der Waals surface area contributed by atoms with Crippen LogP contribution < -0.4 is 10.6 Å². The van der Waals surface area contributed by atoms with Gasteiger partial charge in [-0.05, 0) is 49.8 Å². The minimum atomic E-state index is -0.400. The molecular weight excluding hydrogens is 531 g/mol. The molecule has 3 N–H and O–H groups in total. The zero-order valence-electron chi connectivity index (χ0n) is 19.4. The zero-order valence-corrected chi connectivity index (χ0v) is 23.0. The molecule has 2 aromatic heterocycles. The van der Waals surface area contributed by atoms with Crippen LogP contribution in [0.4, 0.5) is 11.6 Å². The van der Waals surface area contributed by atoms with Gasteiger partial charge in [-0.3, -0.25) is 9.59 Å². The van der Waals surface area contributed by atoms with Crippen LogP contribution in [0.15, 0.2) is 24.3 Å². The predicted octanol–water partition coefficient (Wildman–Crippen LogP) is 4.05. The van der Waals surface area contributed by atoms with Crippen LogP contribution in [-0.4, -0.2) is 52.6 Å². The number of aromatic nitrogens is 2. The summed E-state index contributed by atoms with van der Waals surface area (Å²) in [7, 11) is 1.33. The number of hydrogen-bond donors (Lipinski definition) is 3. The Morgan fingerprint density at radius 2 is 1.69 bits per heavy atom. The van der Waals surface area contributed by atoms with Crippen LogP contribution in [0.5, 0.6) is 0 Å². The van der Waals surface area contributed by atoms with Crippen LogP contribution in [0, 0.1) is 0 Å². The number of ether oxygens (including phenoxy) is 1. The first kappa shape index (κ1) is 31.3. The van der Waals surface area contributed by atoms with Crippen LogP contribution in [0.25, 0.3) is 0 Å². The number of aliphatic hydroxyl groups excluding tert-OH is 1. The molecule has 2 aliphatic heterocycles. The van der Waals surface area contributed by atoms with E-state index >= 15 is 0 Å². The molecule has 4 rings (SSSR count). The number of methoxy groups -OCH3 is 1. The second-order valence-corrected chi connectivity index (χ2v) is 8.76. The Morgan fingerprint density at radius 1 is 1.06 bits per heavy atom. The summed E-state index contributed by atoms with van der Waals surface area (Å²) in [6.07, 6.45) is 4.91. The van der Waals surface area contributed by atoms with E-state index in [1.165, 1.54) is 12.7 Å². The summed E-state index contributed by atoms with van der Waals surface area (Å²) in [5.41, 5.74) is 2.07. The van der Waals surface area contributed by atoms with Crippen molar-refractivity contribution < 1.29 is 19.4 Å². The standard InChI is InChI=1S/C12H13ClN2O3.C11H15ClN2O.2H2S/c1-18-11(17)5-3-8-9(16)6-7-2-4-10(13)15-12(7)14-8;12-10-6-4-8-3-5-9(2-1-7-15)13-11(8)14-10;;/h2,4,8H,3,5-6H2,1H3,(H,14,15);4,6,9,15H,1-3,5,7H2,(H,13,14);2*1H2. The summed E-state index contributed by atoms with van der Waals surface area (Å²) in [6.45, 7) is 0.258. The molecule has 2 aromatic rings. The number of rotatable bonds is 6. The minimum absolute atomic E-state index is 0. The van der Waals surface area contributed by atoms with Crippen LogP contribution >= 0.6 is 50.2 Å². The number of fused-ring (bicyclic) bond motifs is 2. The highest BCUT2D eigenvalue weighted by Crippen LogP contribution is 2.26. The predicted molar refractivity (Wildman–Crippen MR) is 149 cm³/mol. The summed E-state index contributed by atoms with van der Waals surface area (Å²) >= 11 is 11.6. The third kappa shape index (κ3) is 9.34. The summed E-state index contributed by atoms with van der Waals surface area (Å²) in [6, 6.07) is 7.32. The van der Waals surface area contributed by atoms with Crippen molar-refractivity contribution in [2.75, 3.05) is 24.4 Å². The number of aryl methyl sites for hydroxylation is 1. The number of aliphatic hydroxyl groups is 1. The van der Waals surface area contributed by atoms with Gasteiger partial charge in [0.2, 0.25) is 0 Å². The lowest BCUT2D eigenvalue weighted by molar-refractivity contribution is -0.140. The van der Waals surface area contributed by atoms with Gasteiger partial charge in [0.15, 0.2) is 5.78 Å². The second kappa shape index (κ2) is 15.4. The first-order chi connectivity index (χ1) is 15.9. The van der Waals surface area contributed by atoms with Gasteiger partial charge in [0, 0.05) is 31.1 Å². The third-order valence-corrected chi connectivity index (χ3v) is 6.05. The first-order valence-electron chi connectivity index (χ1n) is 10.9. The SMILES string of the molecule is COC(=O)CCC1Nc2nc(Cl)ccc2CC1=O.OCCCC1CCc2ccc(Cl)nc2N1.S.S. The molecule has 194 valence electrons. The number of carbonyl (C=O) groups excluding carboxylic acids is 2. The molecule has 0 saturated carbocycles. The highest BCUT2D eigenvalue weighted by Gasteiger charge is 2.27. The van der Waals surface area contributed by atoms with Gasteiger partial charge in [-0.15, -0.1) is 0 Å². The van der Waals surface area contributed by atoms with Gasteiger partial charge >= 0.3 is 5.97 Å². The molecule has 0 saturated heterocycles. The molecule has 0 fully saturated rings. The van der Waals surface area contributed by atoms with Crippen molar-refractivity contribution in [1.82, 2.24) is 9.97 Å². The molecule has 0 bridgehead atoms. The summed E-state index contributed by atoms with van der Waals surface area (Å²) in [4.78, 5) is 31.3. The van der Waals surface area contributed by atoms with Crippen LogP contribution in [-0.2, 0) is 27.2 Å². The van der Waals surface area contributed by atoms with E-state index in [1.807, 2.05) is 12.1 Å². The number of halogens is 2. The molecule has 0 radical (unpaired) electrons. The summed E-state index contributed by atoms with van der Waals surface area (Å²) in [5.74, 6) is 1.26. The number of anilines is 2. The molecule has 12 heteroatoms. The number of Topliss-reactive ketones (excluding diaryl/α,β-unsaturated/α-hetero) is 1. The van der Waals surface area contributed by atoms with E-state index in [1.54, 1.807) is 12.1 Å².